The van der Waals surface area contributed by atoms with Crippen LogP contribution in [0, 0.1) is 11.3 Å². The predicted molar refractivity (Wildman–Crippen MR) is 58.5 cm³/mol. The lowest BCUT2D eigenvalue weighted by atomic mass is 9.70. The van der Waals surface area contributed by atoms with Gasteiger partial charge in [-0.15, -0.1) is 0 Å². The third-order valence-corrected chi connectivity index (χ3v) is 4.21. The van der Waals surface area contributed by atoms with Gasteiger partial charge in [0.15, 0.2) is 0 Å². The first-order valence-corrected chi connectivity index (χ1v) is 6.09. The first-order chi connectivity index (χ1) is 7.29. The summed E-state index contributed by atoms with van der Waals surface area (Å²) in [4.78, 5) is 12.0. The van der Waals surface area contributed by atoms with Crippen LogP contribution in [-0.4, -0.2) is 26.2 Å². The van der Waals surface area contributed by atoms with Gasteiger partial charge in [0.2, 0.25) is 0 Å². The van der Waals surface area contributed by atoms with Gasteiger partial charge in [-0.3, -0.25) is 4.79 Å². The zero-order valence-corrected chi connectivity index (χ0v) is 9.55. The fraction of sp³-hybridized carbons (Fsp3) is 0.917. The minimum atomic E-state index is -0.128. The molecule has 1 heterocycles. The predicted octanol–water partition coefficient (Wildman–Crippen LogP) is 1.72. The van der Waals surface area contributed by atoms with E-state index in [1.54, 1.807) is 0 Å². The van der Waals surface area contributed by atoms with Crippen LogP contribution in [0.4, 0.5) is 0 Å². The van der Waals surface area contributed by atoms with E-state index in [4.69, 9.17) is 4.74 Å². The Hall–Kier alpha value is -0.570. The van der Waals surface area contributed by atoms with Crippen molar-refractivity contribution in [2.75, 3.05) is 20.2 Å². The minimum Gasteiger partial charge on any atom is -0.469 e. The van der Waals surface area contributed by atoms with Crippen LogP contribution < -0.4 is 5.32 Å². The summed E-state index contributed by atoms with van der Waals surface area (Å²) in [5, 5.41) is 3.36. The topological polar surface area (TPSA) is 38.3 Å². The number of methoxy groups -OCH3 is 1. The number of carbonyl (C=O) groups is 1. The number of rotatable bonds is 2. The number of carbonyl (C=O) groups excluding carboxylic acids is 1. The maximum atomic E-state index is 12.0. The average molecular weight is 211 g/mol. The van der Waals surface area contributed by atoms with Gasteiger partial charge in [-0.05, 0) is 44.7 Å². The molecule has 15 heavy (non-hydrogen) atoms. The molecule has 0 radical (unpaired) electrons. The highest BCUT2D eigenvalue weighted by Crippen LogP contribution is 2.48. The maximum absolute atomic E-state index is 12.0. The van der Waals surface area contributed by atoms with Gasteiger partial charge in [-0.25, -0.2) is 0 Å². The lowest BCUT2D eigenvalue weighted by molar-refractivity contribution is -0.157. The summed E-state index contributed by atoms with van der Waals surface area (Å²) in [5.41, 5.74) is -0.128. The second-order valence-electron chi connectivity index (χ2n) is 4.88. The van der Waals surface area contributed by atoms with Gasteiger partial charge in [-0.2, -0.15) is 0 Å². The Bertz CT molecular complexity index is 228. The monoisotopic (exact) mass is 211 g/mol. The molecule has 0 unspecified atom stereocenters. The quantitative estimate of drug-likeness (QED) is 0.707. The van der Waals surface area contributed by atoms with Gasteiger partial charge < -0.3 is 10.1 Å². The van der Waals surface area contributed by atoms with Crippen molar-refractivity contribution in [3.8, 4) is 0 Å². The Labute approximate surface area is 91.6 Å². The summed E-state index contributed by atoms with van der Waals surface area (Å²) in [6, 6.07) is 0. The van der Waals surface area contributed by atoms with Crippen molar-refractivity contribution in [3.63, 3.8) is 0 Å². The van der Waals surface area contributed by atoms with E-state index in [9.17, 15) is 4.79 Å². The third-order valence-electron chi connectivity index (χ3n) is 4.21. The van der Waals surface area contributed by atoms with E-state index in [1.165, 1.54) is 20.0 Å². The molecule has 2 fully saturated rings. The molecule has 86 valence electrons. The van der Waals surface area contributed by atoms with Crippen molar-refractivity contribution in [3.05, 3.63) is 0 Å². The van der Waals surface area contributed by atoms with Gasteiger partial charge in [0, 0.05) is 0 Å². The molecule has 0 bridgehead atoms. The summed E-state index contributed by atoms with van der Waals surface area (Å²) in [7, 11) is 1.53. The molecule has 2 rings (SSSR count). The van der Waals surface area contributed by atoms with E-state index >= 15 is 0 Å². The molecule has 1 aliphatic carbocycles. The van der Waals surface area contributed by atoms with Gasteiger partial charge in [0.1, 0.15) is 0 Å². The normalized spacial score (nSPS) is 26.5. The third kappa shape index (κ3) is 1.89. The molecule has 0 spiro atoms. The van der Waals surface area contributed by atoms with E-state index in [1.807, 2.05) is 0 Å². The molecule has 0 aromatic carbocycles. The Morgan fingerprint density at radius 2 is 1.87 bits per heavy atom. The molecule has 3 nitrogen and oxygen atoms in total. The van der Waals surface area contributed by atoms with Crippen molar-refractivity contribution >= 4 is 5.97 Å². The zero-order chi connectivity index (χ0) is 10.7. The number of ether oxygens (including phenoxy) is 1. The molecule has 2 aliphatic rings. The summed E-state index contributed by atoms with van der Waals surface area (Å²) >= 11 is 0. The van der Waals surface area contributed by atoms with Crippen molar-refractivity contribution in [1.82, 2.24) is 5.32 Å². The average Bonchev–Trinajstić information content (AvgIpc) is 2.79. The molecule has 0 atom stereocenters. The van der Waals surface area contributed by atoms with Crippen LogP contribution in [0.1, 0.15) is 38.5 Å². The molecular weight excluding hydrogens is 190 g/mol. The first kappa shape index (κ1) is 10.9. The molecule has 1 N–H and O–H groups in total. The number of hydrogen-bond acceptors (Lipinski definition) is 3. The van der Waals surface area contributed by atoms with Crippen LogP contribution in [0.3, 0.4) is 0 Å². The Morgan fingerprint density at radius 1 is 1.27 bits per heavy atom. The summed E-state index contributed by atoms with van der Waals surface area (Å²) in [6.45, 7) is 2.12. The van der Waals surface area contributed by atoms with Gasteiger partial charge >= 0.3 is 5.97 Å². The second-order valence-corrected chi connectivity index (χ2v) is 4.88. The van der Waals surface area contributed by atoms with Crippen LogP contribution in [0.5, 0.6) is 0 Å². The van der Waals surface area contributed by atoms with Crippen LogP contribution in [0.2, 0.25) is 0 Å². The molecule has 1 aliphatic heterocycles. The Morgan fingerprint density at radius 3 is 2.40 bits per heavy atom. The van der Waals surface area contributed by atoms with Gasteiger partial charge in [-0.1, -0.05) is 12.8 Å². The van der Waals surface area contributed by atoms with E-state index in [0.717, 1.165) is 38.8 Å². The zero-order valence-electron chi connectivity index (χ0n) is 9.55. The highest BCUT2D eigenvalue weighted by atomic mass is 16.5. The van der Waals surface area contributed by atoms with Crippen molar-refractivity contribution in [2.45, 2.75) is 38.5 Å². The van der Waals surface area contributed by atoms with Crippen molar-refractivity contribution in [2.24, 2.45) is 11.3 Å². The highest BCUT2D eigenvalue weighted by Gasteiger charge is 2.48. The number of nitrogens with one attached hydrogen (secondary N) is 1. The summed E-state index contributed by atoms with van der Waals surface area (Å²) in [6.07, 6.45) is 6.75. The smallest absolute Gasteiger partial charge is 0.312 e. The lowest BCUT2D eigenvalue weighted by Crippen LogP contribution is -2.42. The lowest BCUT2D eigenvalue weighted by Gasteiger charge is -2.37. The van der Waals surface area contributed by atoms with Crippen molar-refractivity contribution < 1.29 is 9.53 Å². The minimum absolute atomic E-state index is 0.0481. The van der Waals surface area contributed by atoms with Gasteiger partial charge in [0.05, 0.1) is 12.5 Å². The summed E-state index contributed by atoms with van der Waals surface area (Å²) in [5.74, 6) is 0.598. The SMILES string of the molecule is COC(=O)C1(C2CCNCC2)CCCC1. The van der Waals surface area contributed by atoms with Gasteiger partial charge in [0.25, 0.3) is 0 Å². The fourth-order valence-corrected chi connectivity index (χ4v) is 3.36. The molecule has 0 aromatic heterocycles. The standard InChI is InChI=1S/C12H21NO2/c1-15-11(14)12(6-2-3-7-12)10-4-8-13-9-5-10/h10,13H,2-9H2,1H3. The van der Waals surface area contributed by atoms with Crippen LogP contribution in [0.15, 0.2) is 0 Å². The Balaban J connectivity index is 2.13. The Kier molecular flexibility index (Phi) is 3.29. The number of hydrogen-bond donors (Lipinski definition) is 1. The van der Waals surface area contributed by atoms with E-state index < -0.39 is 0 Å². The van der Waals surface area contributed by atoms with Crippen LogP contribution in [-0.2, 0) is 9.53 Å². The van der Waals surface area contributed by atoms with E-state index in [0.29, 0.717) is 5.92 Å². The molecule has 0 amide bonds. The maximum Gasteiger partial charge on any atom is 0.312 e. The van der Waals surface area contributed by atoms with E-state index in [2.05, 4.69) is 5.32 Å². The largest absolute Gasteiger partial charge is 0.469 e. The number of piperidine rings is 1. The highest BCUT2D eigenvalue weighted by molar-refractivity contribution is 5.77. The summed E-state index contributed by atoms with van der Waals surface area (Å²) < 4.78 is 5.03. The number of esters is 1. The molecule has 1 saturated heterocycles. The first-order valence-electron chi connectivity index (χ1n) is 6.09. The molecule has 1 saturated carbocycles. The van der Waals surface area contributed by atoms with Crippen LogP contribution in [0.25, 0.3) is 0 Å². The molecule has 0 aromatic rings. The van der Waals surface area contributed by atoms with Crippen LogP contribution >= 0.6 is 0 Å². The van der Waals surface area contributed by atoms with Crippen molar-refractivity contribution in [1.29, 1.82) is 0 Å². The fourth-order valence-electron chi connectivity index (χ4n) is 3.36. The second kappa shape index (κ2) is 4.52. The molecule has 3 heteroatoms. The van der Waals surface area contributed by atoms with E-state index in [-0.39, 0.29) is 11.4 Å². The molecular formula is C12H21NO2.